The van der Waals surface area contributed by atoms with E-state index in [1.54, 1.807) is 28.6 Å². The number of thioether (sulfide) groups is 1. The number of thiazole rings is 1. The van der Waals surface area contributed by atoms with Gasteiger partial charge < -0.3 is 25.9 Å². The van der Waals surface area contributed by atoms with Gasteiger partial charge in [-0.05, 0) is 55.9 Å². The van der Waals surface area contributed by atoms with Gasteiger partial charge in [-0.15, -0.1) is 23.1 Å². The molecule has 2 aromatic rings. The van der Waals surface area contributed by atoms with Gasteiger partial charge in [0.15, 0.2) is 10.8 Å². The maximum absolute atomic E-state index is 13.3. The SMILES string of the molecule is Nc1nc(/C(=N/OC2CCCC2)C(=O)N[C@@H]2C(=O)N3C(C(=O)O)=C(C=C4CCN(Cc5ccccn5)C4=O)CS[C@H]23)cs1. The molecule has 4 aliphatic rings. The molecule has 0 bridgehead atoms. The van der Waals surface area contributed by atoms with E-state index in [4.69, 9.17) is 10.6 Å². The number of amides is 3. The van der Waals surface area contributed by atoms with Crippen molar-refractivity contribution in [3.05, 3.63) is 64.1 Å². The van der Waals surface area contributed by atoms with E-state index in [9.17, 15) is 24.3 Å². The molecule has 15 heteroatoms. The Kier molecular flexibility index (Phi) is 8.17. The van der Waals surface area contributed by atoms with Crippen LogP contribution in [0.4, 0.5) is 5.13 Å². The number of aliphatic carboxylic acids is 1. The van der Waals surface area contributed by atoms with E-state index in [2.05, 4.69) is 20.4 Å². The van der Waals surface area contributed by atoms with Gasteiger partial charge in [0.2, 0.25) is 5.91 Å². The van der Waals surface area contributed by atoms with Gasteiger partial charge in [0.05, 0.1) is 12.2 Å². The lowest BCUT2D eigenvalue weighted by Gasteiger charge is -2.49. The number of hydrogen-bond acceptors (Lipinski definition) is 11. The summed E-state index contributed by atoms with van der Waals surface area (Å²) in [5, 5.41) is 18.1. The minimum atomic E-state index is -1.28. The number of carbonyl (C=O) groups excluding carboxylic acids is 3. The van der Waals surface area contributed by atoms with Crippen LogP contribution >= 0.6 is 23.1 Å². The van der Waals surface area contributed by atoms with Crippen LogP contribution in [0.15, 0.2) is 57.9 Å². The van der Waals surface area contributed by atoms with E-state index in [0.717, 1.165) is 42.7 Å². The number of oxime groups is 1. The fourth-order valence-corrected chi connectivity index (χ4v) is 7.39. The number of pyridine rings is 1. The van der Waals surface area contributed by atoms with E-state index < -0.39 is 29.2 Å². The number of carbonyl (C=O) groups is 4. The first kappa shape index (κ1) is 28.9. The molecule has 1 saturated carbocycles. The summed E-state index contributed by atoms with van der Waals surface area (Å²) in [7, 11) is 0. The van der Waals surface area contributed by atoms with Crippen molar-refractivity contribution in [1.29, 1.82) is 0 Å². The van der Waals surface area contributed by atoms with Crippen LogP contribution < -0.4 is 11.1 Å². The molecule has 5 heterocycles. The third-order valence-corrected chi connectivity index (χ3v) is 9.68. The summed E-state index contributed by atoms with van der Waals surface area (Å²) >= 11 is 2.46. The molecule has 0 radical (unpaired) electrons. The number of carboxylic acid groups (broad SMARTS) is 1. The molecular weight excluding hydrogens is 594 g/mol. The number of nitrogens with zero attached hydrogens (tertiary/aromatic N) is 5. The van der Waals surface area contributed by atoms with E-state index >= 15 is 0 Å². The molecule has 4 N–H and O–H groups in total. The number of anilines is 1. The van der Waals surface area contributed by atoms with Crippen LogP contribution in [0.2, 0.25) is 0 Å². The molecule has 43 heavy (non-hydrogen) atoms. The number of fused-ring (bicyclic) bond motifs is 1. The van der Waals surface area contributed by atoms with Crippen molar-refractivity contribution in [2.24, 2.45) is 5.16 Å². The Morgan fingerprint density at radius 2 is 2.07 bits per heavy atom. The standard InChI is InChI=1S/C28H29N7O6S2/c29-28-31-19(14-43-28)20(33-41-18-6-1-2-7-18)23(36)32-21-25(38)35-22(27(39)40)16(13-42-26(21)35)11-15-8-10-34(24(15)37)12-17-5-3-4-9-30-17/h3-5,9,11,14,18,21,26H,1-2,6-8,10,12-13H2,(H2,29,31)(H,32,36)(H,39,40)/b15-11?,33-20-/t21-,26-/m1/s1. The summed E-state index contributed by atoms with van der Waals surface area (Å²) in [6.45, 7) is 0.845. The number of rotatable bonds is 9. The lowest BCUT2D eigenvalue weighted by Crippen LogP contribution is -2.71. The molecule has 2 atom stereocenters. The van der Waals surface area contributed by atoms with Crippen LogP contribution in [0.5, 0.6) is 0 Å². The number of hydrogen-bond donors (Lipinski definition) is 3. The predicted molar refractivity (Wildman–Crippen MR) is 158 cm³/mol. The number of β-lactam (4-membered cyclic amide) rings is 1. The number of allylic oxidation sites excluding steroid dienone is 1. The van der Waals surface area contributed by atoms with Crippen LogP contribution in [0.3, 0.4) is 0 Å². The lowest BCUT2D eigenvalue weighted by molar-refractivity contribution is -0.150. The second-order valence-corrected chi connectivity index (χ2v) is 12.5. The molecule has 13 nitrogen and oxygen atoms in total. The van der Waals surface area contributed by atoms with Gasteiger partial charge in [-0.25, -0.2) is 9.78 Å². The molecule has 6 rings (SSSR count). The number of aromatic nitrogens is 2. The van der Waals surface area contributed by atoms with Crippen molar-refractivity contribution in [3.8, 4) is 0 Å². The second-order valence-electron chi connectivity index (χ2n) is 10.5. The predicted octanol–water partition coefficient (Wildman–Crippen LogP) is 1.88. The fourth-order valence-electron chi connectivity index (χ4n) is 5.53. The topological polar surface area (TPSA) is 180 Å². The van der Waals surface area contributed by atoms with Crippen LogP contribution in [-0.2, 0) is 30.6 Å². The summed E-state index contributed by atoms with van der Waals surface area (Å²) in [5.41, 5.74) is 7.34. The monoisotopic (exact) mass is 623 g/mol. The molecule has 3 fully saturated rings. The molecule has 2 saturated heterocycles. The zero-order valence-electron chi connectivity index (χ0n) is 23.0. The molecule has 3 amide bonds. The summed E-state index contributed by atoms with van der Waals surface area (Å²) < 4.78 is 0. The molecule has 2 aromatic heterocycles. The summed E-state index contributed by atoms with van der Waals surface area (Å²) in [6, 6.07) is 4.52. The maximum atomic E-state index is 13.3. The van der Waals surface area contributed by atoms with Crippen molar-refractivity contribution in [2.75, 3.05) is 18.0 Å². The van der Waals surface area contributed by atoms with Gasteiger partial charge in [0.25, 0.3) is 11.8 Å². The van der Waals surface area contributed by atoms with Gasteiger partial charge in [-0.3, -0.25) is 24.3 Å². The smallest absolute Gasteiger partial charge is 0.352 e. The molecule has 1 aliphatic carbocycles. The quantitative estimate of drug-likeness (QED) is 0.162. The molecular formula is C28H29N7O6S2. The van der Waals surface area contributed by atoms with Crippen LogP contribution in [0, 0.1) is 0 Å². The van der Waals surface area contributed by atoms with Gasteiger partial charge in [0, 0.05) is 29.4 Å². The summed E-state index contributed by atoms with van der Waals surface area (Å²) in [6.07, 6.45) is 7.32. The largest absolute Gasteiger partial charge is 0.477 e. The fraction of sp³-hybridized carbons (Fsp3) is 0.393. The van der Waals surface area contributed by atoms with E-state index in [1.165, 1.54) is 16.7 Å². The number of carboxylic acids is 1. The number of likely N-dealkylation sites (tertiary alicyclic amines) is 1. The third kappa shape index (κ3) is 5.86. The lowest BCUT2D eigenvalue weighted by atomic mass is 10.0. The first-order chi connectivity index (χ1) is 20.8. The summed E-state index contributed by atoms with van der Waals surface area (Å²) in [4.78, 5) is 68.9. The molecule has 0 aromatic carbocycles. The Labute approximate surface area is 254 Å². The highest BCUT2D eigenvalue weighted by atomic mass is 32.2. The van der Waals surface area contributed by atoms with Crippen LogP contribution in [0.25, 0.3) is 0 Å². The van der Waals surface area contributed by atoms with Crippen molar-refractivity contribution < 1.29 is 29.1 Å². The Hall–Kier alpha value is -4.24. The van der Waals surface area contributed by atoms with Crippen molar-refractivity contribution in [2.45, 2.75) is 56.2 Å². The molecule has 3 aliphatic heterocycles. The molecule has 0 unspecified atom stereocenters. The Morgan fingerprint density at radius 3 is 2.77 bits per heavy atom. The minimum absolute atomic E-state index is 0.0960. The van der Waals surface area contributed by atoms with Gasteiger partial charge in [-0.2, -0.15) is 0 Å². The maximum Gasteiger partial charge on any atom is 0.352 e. The normalized spacial score (nSPS) is 23.5. The zero-order valence-corrected chi connectivity index (χ0v) is 24.6. The van der Waals surface area contributed by atoms with Gasteiger partial charge in [-0.1, -0.05) is 11.2 Å². The molecule has 224 valence electrons. The van der Waals surface area contributed by atoms with Crippen LogP contribution in [-0.4, -0.2) is 84.1 Å². The van der Waals surface area contributed by atoms with E-state index in [1.807, 2.05) is 12.1 Å². The highest BCUT2D eigenvalue weighted by molar-refractivity contribution is 8.00. The van der Waals surface area contributed by atoms with Crippen molar-refractivity contribution >= 4 is 57.6 Å². The minimum Gasteiger partial charge on any atom is -0.477 e. The first-order valence-corrected chi connectivity index (χ1v) is 15.8. The van der Waals surface area contributed by atoms with Gasteiger partial charge in [0.1, 0.15) is 28.9 Å². The average molecular weight is 624 g/mol. The highest BCUT2D eigenvalue weighted by Gasteiger charge is 2.54. The third-order valence-electron chi connectivity index (χ3n) is 7.70. The van der Waals surface area contributed by atoms with E-state index in [-0.39, 0.29) is 40.0 Å². The summed E-state index contributed by atoms with van der Waals surface area (Å²) in [5.74, 6) is -2.46. The highest BCUT2D eigenvalue weighted by Crippen LogP contribution is 2.41. The Morgan fingerprint density at radius 1 is 1.26 bits per heavy atom. The van der Waals surface area contributed by atoms with E-state index in [0.29, 0.717) is 30.7 Å². The van der Waals surface area contributed by atoms with Gasteiger partial charge >= 0.3 is 5.97 Å². The second kappa shape index (κ2) is 12.2. The zero-order chi connectivity index (χ0) is 30.1. The number of nitrogens with one attached hydrogen (secondary N) is 1. The van der Waals surface area contributed by atoms with Crippen LogP contribution in [0.1, 0.15) is 43.5 Å². The van der Waals surface area contributed by atoms with Crippen molar-refractivity contribution in [1.82, 2.24) is 25.1 Å². The number of nitrogens with two attached hydrogens (primary N) is 1. The van der Waals surface area contributed by atoms with Crippen molar-refractivity contribution in [3.63, 3.8) is 0 Å². The Balaban J connectivity index is 1.17. The molecule has 0 spiro atoms. The number of nitrogen functional groups attached to an aromatic ring is 1. The first-order valence-electron chi connectivity index (χ1n) is 13.9. The Bertz CT molecular complexity index is 1550. The average Bonchev–Trinajstić information content (AvgIpc) is 3.75.